The van der Waals surface area contributed by atoms with Gasteiger partial charge in [0.05, 0.1) is 25.7 Å². The molecule has 4 aromatic rings. The number of fused-ring (bicyclic) bond motifs is 1. The van der Waals surface area contributed by atoms with Crippen LogP contribution in [0.2, 0.25) is 5.02 Å². The molecule has 0 saturated heterocycles. The highest BCUT2D eigenvalue weighted by atomic mass is 35.5. The second kappa shape index (κ2) is 9.09. The summed E-state index contributed by atoms with van der Waals surface area (Å²) >= 11 is 5.85. The molecule has 2 aromatic carbocycles. The van der Waals surface area contributed by atoms with Gasteiger partial charge in [-0.15, -0.1) is 0 Å². The summed E-state index contributed by atoms with van der Waals surface area (Å²) in [7, 11) is 0. The van der Waals surface area contributed by atoms with Crippen LogP contribution in [0.5, 0.6) is 0 Å². The van der Waals surface area contributed by atoms with Crippen molar-refractivity contribution in [3.8, 4) is 0 Å². The molecule has 0 unspecified atom stereocenters. The van der Waals surface area contributed by atoms with Crippen LogP contribution in [-0.2, 0) is 24.3 Å². The lowest BCUT2D eigenvalue weighted by atomic mass is 10.1. The average molecular weight is 440 g/mol. The van der Waals surface area contributed by atoms with Crippen LogP contribution in [0.25, 0.3) is 11.0 Å². The van der Waals surface area contributed by atoms with E-state index in [1.54, 1.807) is 28.9 Å². The van der Waals surface area contributed by atoms with Gasteiger partial charge in [-0.2, -0.15) is 5.10 Å². The van der Waals surface area contributed by atoms with Gasteiger partial charge in [-0.05, 0) is 35.4 Å². The number of benzene rings is 2. The Morgan fingerprint density at radius 2 is 1.77 bits per heavy atom. The van der Waals surface area contributed by atoms with Gasteiger partial charge in [0.15, 0.2) is 5.65 Å². The van der Waals surface area contributed by atoms with E-state index in [1.165, 1.54) is 29.2 Å². The van der Waals surface area contributed by atoms with E-state index in [0.717, 1.165) is 11.1 Å². The lowest BCUT2D eigenvalue weighted by Crippen LogP contribution is -2.29. The van der Waals surface area contributed by atoms with Crippen molar-refractivity contribution in [1.29, 1.82) is 0 Å². The smallest absolute Gasteiger partial charge is 0.264 e. The van der Waals surface area contributed by atoms with E-state index >= 15 is 0 Å². The summed E-state index contributed by atoms with van der Waals surface area (Å²) in [5.74, 6) is -0.445. The number of nitrogens with one attached hydrogen (secondary N) is 1. The second-order valence-corrected chi connectivity index (χ2v) is 7.50. The maximum Gasteiger partial charge on any atom is 0.264 e. The highest BCUT2D eigenvalue weighted by Crippen LogP contribution is 2.10. The van der Waals surface area contributed by atoms with Gasteiger partial charge in [-0.25, -0.2) is 14.1 Å². The average Bonchev–Trinajstić information content (AvgIpc) is 3.17. The van der Waals surface area contributed by atoms with E-state index in [2.05, 4.69) is 15.4 Å². The van der Waals surface area contributed by atoms with Gasteiger partial charge in [0.25, 0.3) is 5.56 Å². The van der Waals surface area contributed by atoms with Gasteiger partial charge in [0.1, 0.15) is 17.5 Å². The van der Waals surface area contributed by atoms with Crippen LogP contribution in [-0.4, -0.2) is 31.8 Å². The molecule has 2 heterocycles. The Bertz CT molecular complexity index is 1270. The molecule has 31 heavy (non-hydrogen) atoms. The summed E-state index contributed by atoms with van der Waals surface area (Å²) in [5.41, 5.74) is 1.88. The first-order chi connectivity index (χ1) is 15.0. The number of carbonyl (C=O) groups is 1. The monoisotopic (exact) mass is 439 g/mol. The molecule has 2 aromatic heterocycles. The summed E-state index contributed by atoms with van der Waals surface area (Å²) in [4.78, 5) is 29.2. The molecular weight excluding hydrogens is 421 g/mol. The Balaban J connectivity index is 1.39. The van der Waals surface area contributed by atoms with Crippen molar-refractivity contribution in [3.63, 3.8) is 0 Å². The SMILES string of the molecule is O=C(Cc1ccc(Cl)cc1)NCCn1ncc2c(=O)n(Cc3ccc(F)cc3)cnc21. The van der Waals surface area contributed by atoms with Crippen LogP contribution in [0.3, 0.4) is 0 Å². The first-order valence-corrected chi connectivity index (χ1v) is 10.0. The first kappa shape index (κ1) is 20.7. The van der Waals surface area contributed by atoms with Crippen LogP contribution >= 0.6 is 11.6 Å². The van der Waals surface area contributed by atoms with Gasteiger partial charge in [-0.1, -0.05) is 35.9 Å². The van der Waals surface area contributed by atoms with Crippen LogP contribution in [0, 0.1) is 5.82 Å². The zero-order valence-electron chi connectivity index (χ0n) is 16.5. The lowest BCUT2D eigenvalue weighted by Gasteiger charge is -2.08. The number of carbonyl (C=O) groups excluding carboxylic acids is 1. The molecule has 0 bridgehead atoms. The quantitative estimate of drug-likeness (QED) is 0.480. The summed E-state index contributed by atoms with van der Waals surface area (Å²) in [5, 5.41) is 8.08. The van der Waals surface area contributed by atoms with Crippen LogP contribution in [0.15, 0.2) is 65.8 Å². The van der Waals surface area contributed by atoms with Gasteiger partial charge in [-0.3, -0.25) is 14.2 Å². The second-order valence-electron chi connectivity index (χ2n) is 7.06. The molecule has 158 valence electrons. The molecule has 0 saturated carbocycles. The van der Waals surface area contributed by atoms with Crippen LogP contribution < -0.4 is 10.9 Å². The Morgan fingerprint density at radius 1 is 1.06 bits per heavy atom. The van der Waals surface area contributed by atoms with E-state index in [9.17, 15) is 14.0 Å². The van der Waals surface area contributed by atoms with E-state index in [-0.39, 0.29) is 30.2 Å². The van der Waals surface area contributed by atoms with Crippen molar-refractivity contribution in [2.45, 2.75) is 19.5 Å². The lowest BCUT2D eigenvalue weighted by molar-refractivity contribution is -0.120. The zero-order valence-corrected chi connectivity index (χ0v) is 17.2. The van der Waals surface area contributed by atoms with Crippen LogP contribution in [0.4, 0.5) is 4.39 Å². The highest BCUT2D eigenvalue weighted by Gasteiger charge is 2.11. The minimum Gasteiger partial charge on any atom is -0.354 e. The Hall–Kier alpha value is -3.52. The Morgan fingerprint density at radius 3 is 2.52 bits per heavy atom. The predicted octanol–water partition coefficient (Wildman–Crippen LogP) is 2.79. The van der Waals surface area contributed by atoms with Gasteiger partial charge < -0.3 is 5.32 Å². The van der Waals surface area contributed by atoms with Crippen molar-refractivity contribution in [3.05, 3.63) is 93.4 Å². The summed E-state index contributed by atoms with van der Waals surface area (Å²) < 4.78 is 16.1. The standard InChI is InChI=1S/C22H19ClFN5O2/c23-17-5-1-15(2-6-17)11-20(30)25-9-10-29-21-19(12-27-29)22(31)28(14-26-21)13-16-3-7-18(24)8-4-16/h1-8,12,14H,9-11,13H2,(H,25,30). The molecule has 0 aliphatic rings. The molecule has 0 spiro atoms. The van der Waals surface area contributed by atoms with E-state index in [0.29, 0.717) is 29.1 Å². The molecule has 0 fully saturated rings. The van der Waals surface area contributed by atoms with E-state index in [1.807, 2.05) is 12.1 Å². The van der Waals surface area contributed by atoms with E-state index in [4.69, 9.17) is 11.6 Å². The van der Waals surface area contributed by atoms with E-state index < -0.39 is 0 Å². The molecule has 7 nitrogen and oxygen atoms in total. The maximum absolute atomic E-state index is 13.1. The molecule has 0 atom stereocenters. The normalized spacial score (nSPS) is 11.0. The Labute approximate surface area is 182 Å². The summed E-state index contributed by atoms with van der Waals surface area (Å²) in [6, 6.07) is 13.1. The fourth-order valence-electron chi connectivity index (χ4n) is 3.21. The highest BCUT2D eigenvalue weighted by molar-refractivity contribution is 6.30. The molecule has 4 rings (SSSR count). The molecule has 1 N–H and O–H groups in total. The van der Waals surface area contributed by atoms with Crippen molar-refractivity contribution >= 4 is 28.5 Å². The summed E-state index contributed by atoms with van der Waals surface area (Å²) in [6.45, 7) is 1.02. The van der Waals surface area contributed by atoms with Gasteiger partial charge in [0.2, 0.25) is 5.91 Å². The number of hydrogen-bond donors (Lipinski definition) is 1. The molecule has 0 aliphatic carbocycles. The minimum absolute atomic E-state index is 0.117. The molecule has 1 amide bonds. The first-order valence-electron chi connectivity index (χ1n) is 9.66. The number of rotatable bonds is 7. The van der Waals surface area contributed by atoms with Crippen LogP contribution in [0.1, 0.15) is 11.1 Å². The zero-order chi connectivity index (χ0) is 21.8. The van der Waals surface area contributed by atoms with Gasteiger partial charge in [0, 0.05) is 11.6 Å². The number of halogens is 2. The maximum atomic E-state index is 13.1. The fraction of sp³-hybridized carbons (Fsp3) is 0.182. The number of amides is 1. The fourth-order valence-corrected chi connectivity index (χ4v) is 3.34. The number of nitrogens with zero attached hydrogens (tertiary/aromatic N) is 4. The third-order valence-electron chi connectivity index (χ3n) is 4.81. The summed E-state index contributed by atoms with van der Waals surface area (Å²) in [6.07, 6.45) is 3.18. The Kier molecular flexibility index (Phi) is 6.08. The number of aromatic nitrogens is 4. The van der Waals surface area contributed by atoms with Crippen molar-refractivity contribution in [2.24, 2.45) is 0 Å². The molecule has 9 heteroatoms. The third-order valence-corrected chi connectivity index (χ3v) is 5.06. The third kappa shape index (κ3) is 4.97. The van der Waals surface area contributed by atoms with Crippen molar-refractivity contribution in [2.75, 3.05) is 6.54 Å². The number of hydrogen-bond acceptors (Lipinski definition) is 4. The van der Waals surface area contributed by atoms with Crippen molar-refractivity contribution < 1.29 is 9.18 Å². The predicted molar refractivity (Wildman–Crippen MR) is 115 cm³/mol. The molecular formula is C22H19ClFN5O2. The van der Waals surface area contributed by atoms with Gasteiger partial charge >= 0.3 is 0 Å². The minimum atomic E-state index is -0.328. The topological polar surface area (TPSA) is 81.8 Å². The van der Waals surface area contributed by atoms with Crippen molar-refractivity contribution in [1.82, 2.24) is 24.6 Å². The molecule has 0 aliphatic heterocycles. The largest absolute Gasteiger partial charge is 0.354 e. The molecule has 0 radical (unpaired) electrons.